The minimum Gasteiger partial charge on any atom is -0.508 e. The maximum absolute atomic E-state index is 13.1. The molecule has 1 aromatic heterocycles. The van der Waals surface area contributed by atoms with Crippen molar-refractivity contribution < 1.29 is 44.5 Å². The number of benzene rings is 2. The van der Waals surface area contributed by atoms with Gasteiger partial charge in [0.25, 0.3) is 0 Å². The second kappa shape index (κ2) is 7.50. The first-order valence-corrected chi connectivity index (χ1v) is 8.91. The standard InChI is InChI=1S/C20H18O10/c21-7-13-15(25)17(27)20(29-13)30-19-16(26)14-11(24)5-10(23)6-12(14)28-18(19)8-1-3-9(22)4-2-8/h1-6,13,15,17,20-25,27H,7H2/t13?,15-,17?,20?/m0/s1. The second-order valence-electron chi connectivity index (χ2n) is 6.80. The molecule has 1 aliphatic rings. The molecule has 2 aromatic carbocycles. The number of fused-ring (bicyclic) bond motifs is 1. The molecule has 1 fully saturated rings. The summed E-state index contributed by atoms with van der Waals surface area (Å²) in [6.07, 6.45) is -5.65. The van der Waals surface area contributed by atoms with Crippen molar-refractivity contribution in [3.8, 4) is 34.3 Å². The van der Waals surface area contributed by atoms with Crippen LogP contribution in [0.15, 0.2) is 45.6 Å². The van der Waals surface area contributed by atoms with Gasteiger partial charge in [0, 0.05) is 17.7 Å². The van der Waals surface area contributed by atoms with E-state index in [9.17, 15) is 35.4 Å². The van der Waals surface area contributed by atoms with E-state index < -0.39 is 48.1 Å². The van der Waals surface area contributed by atoms with Crippen LogP contribution in [0.25, 0.3) is 22.3 Å². The van der Waals surface area contributed by atoms with Gasteiger partial charge in [0.1, 0.15) is 46.5 Å². The SMILES string of the molecule is O=c1c(OC2OC(CO)[C@H](O)C2O)c(-c2ccc(O)cc2)oc2cc(O)cc(O)c12. The average molecular weight is 418 g/mol. The lowest BCUT2D eigenvalue weighted by Crippen LogP contribution is -2.36. The van der Waals surface area contributed by atoms with Gasteiger partial charge in [-0.25, -0.2) is 0 Å². The Morgan fingerprint density at radius 3 is 2.30 bits per heavy atom. The summed E-state index contributed by atoms with van der Waals surface area (Å²) >= 11 is 0. The van der Waals surface area contributed by atoms with Crippen molar-refractivity contribution in [2.24, 2.45) is 0 Å². The van der Waals surface area contributed by atoms with Crippen molar-refractivity contribution in [2.45, 2.75) is 24.6 Å². The maximum atomic E-state index is 13.1. The highest BCUT2D eigenvalue weighted by Gasteiger charge is 2.44. The van der Waals surface area contributed by atoms with E-state index in [1.54, 1.807) is 0 Å². The summed E-state index contributed by atoms with van der Waals surface area (Å²) in [5.74, 6) is -1.50. The predicted molar refractivity (Wildman–Crippen MR) is 101 cm³/mol. The topological polar surface area (TPSA) is 170 Å². The van der Waals surface area contributed by atoms with Crippen LogP contribution in [0.1, 0.15) is 0 Å². The Morgan fingerprint density at radius 1 is 0.967 bits per heavy atom. The number of phenols is 3. The van der Waals surface area contributed by atoms with Gasteiger partial charge in [0.2, 0.25) is 17.5 Å². The molecule has 4 atom stereocenters. The fraction of sp³-hybridized carbons (Fsp3) is 0.250. The molecule has 0 amide bonds. The first kappa shape index (κ1) is 20.0. The van der Waals surface area contributed by atoms with Gasteiger partial charge < -0.3 is 44.5 Å². The molecule has 1 aliphatic heterocycles. The Labute approximate surface area is 168 Å². The fourth-order valence-electron chi connectivity index (χ4n) is 3.26. The number of aliphatic hydroxyl groups excluding tert-OH is 3. The van der Waals surface area contributed by atoms with E-state index in [4.69, 9.17) is 13.9 Å². The molecule has 0 bridgehead atoms. The highest BCUT2D eigenvalue weighted by atomic mass is 16.7. The van der Waals surface area contributed by atoms with Crippen LogP contribution in [0.2, 0.25) is 0 Å². The van der Waals surface area contributed by atoms with Crippen LogP contribution < -0.4 is 10.2 Å². The zero-order valence-electron chi connectivity index (χ0n) is 15.3. The Hall–Kier alpha value is -3.31. The zero-order chi connectivity index (χ0) is 21.6. The van der Waals surface area contributed by atoms with Gasteiger partial charge >= 0.3 is 0 Å². The number of aromatic hydroxyl groups is 3. The zero-order valence-corrected chi connectivity index (χ0v) is 15.3. The van der Waals surface area contributed by atoms with Crippen molar-refractivity contribution in [1.82, 2.24) is 0 Å². The van der Waals surface area contributed by atoms with Gasteiger partial charge in [0.15, 0.2) is 5.76 Å². The number of hydrogen-bond acceptors (Lipinski definition) is 10. The lowest BCUT2D eigenvalue weighted by molar-refractivity contribution is -0.117. The van der Waals surface area contributed by atoms with E-state index in [-0.39, 0.29) is 28.2 Å². The van der Waals surface area contributed by atoms with E-state index in [0.717, 1.165) is 12.1 Å². The summed E-state index contributed by atoms with van der Waals surface area (Å²) in [6.45, 7) is -0.588. The minimum absolute atomic E-state index is 0.0388. The molecule has 1 saturated heterocycles. The van der Waals surface area contributed by atoms with Crippen molar-refractivity contribution in [3.63, 3.8) is 0 Å². The van der Waals surface area contributed by atoms with E-state index >= 15 is 0 Å². The molecule has 30 heavy (non-hydrogen) atoms. The Bertz CT molecular complexity index is 1140. The van der Waals surface area contributed by atoms with E-state index in [1.807, 2.05) is 0 Å². The number of hydrogen-bond donors (Lipinski definition) is 6. The summed E-state index contributed by atoms with van der Waals surface area (Å²) in [5.41, 5.74) is -0.653. The number of rotatable bonds is 4. The van der Waals surface area contributed by atoms with Crippen LogP contribution in [0, 0.1) is 0 Å². The molecule has 0 radical (unpaired) electrons. The lowest BCUT2D eigenvalue weighted by atomic mass is 10.1. The third-order valence-electron chi connectivity index (χ3n) is 4.78. The maximum Gasteiger partial charge on any atom is 0.239 e. The first-order valence-electron chi connectivity index (χ1n) is 8.91. The Kier molecular flexibility index (Phi) is 5.00. The van der Waals surface area contributed by atoms with Crippen LogP contribution in [-0.2, 0) is 4.74 Å². The highest BCUT2D eigenvalue weighted by molar-refractivity contribution is 5.88. The molecule has 2 heterocycles. The third-order valence-corrected chi connectivity index (χ3v) is 4.78. The summed E-state index contributed by atoms with van der Waals surface area (Å²) in [7, 11) is 0. The molecule has 0 saturated carbocycles. The fourth-order valence-corrected chi connectivity index (χ4v) is 3.26. The number of aliphatic hydroxyl groups is 3. The number of ether oxygens (including phenoxy) is 2. The summed E-state index contributed by atoms with van der Waals surface area (Å²) in [4.78, 5) is 13.1. The van der Waals surface area contributed by atoms with Gasteiger partial charge in [0.05, 0.1) is 6.61 Å². The average Bonchev–Trinajstić information content (AvgIpc) is 2.97. The lowest BCUT2D eigenvalue weighted by Gasteiger charge is -2.18. The molecule has 4 rings (SSSR count). The van der Waals surface area contributed by atoms with Crippen LogP contribution in [-0.4, -0.2) is 61.8 Å². The molecule has 6 N–H and O–H groups in total. The van der Waals surface area contributed by atoms with Gasteiger partial charge in [-0.15, -0.1) is 0 Å². The predicted octanol–water partition coefficient (Wildman–Crippen LogP) is 0.395. The van der Waals surface area contributed by atoms with Crippen molar-refractivity contribution >= 4 is 11.0 Å². The number of phenolic OH excluding ortho intramolecular Hbond substituents is 3. The second-order valence-corrected chi connectivity index (χ2v) is 6.80. The van der Waals surface area contributed by atoms with Crippen molar-refractivity contribution in [3.05, 3.63) is 46.6 Å². The van der Waals surface area contributed by atoms with Gasteiger partial charge in [-0.05, 0) is 24.3 Å². The summed E-state index contributed by atoms with van der Waals surface area (Å²) in [6, 6.07) is 7.65. The monoisotopic (exact) mass is 418 g/mol. The molecule has 10 heteroatoms. The quantitative estimate of drug-likeness (QED) is 0.348. The third kappa shape index (κ3) is 3.31. The van der Waals surface area contributed by atoms with Crippen LogP contribution in [0.3, 0.4) is 0 Å². The molecule has 0 aliphatic carbocycles. The molecule has 3 unspecified atom stereocenters. The molecule has 3 aromatic rings. The van der Waals surface area contributed by atoms with Crippen LogP contribution in [0.4, 0.5) is 0 Å². The molecular weight excluding hydrogens is 400 g/mol. The normalized spacial score (nSPS) is 23.7. The molecule has 0 spiro atoms. The highest BCUT2D eigenvalue weighted by Crippen LogP contribution is 2.37. The van der Waals surface area contributed by atoms with Gasteiger partial charge in [-0.1, -0.05) is 0 Å². The largest absolute Gasteiger partial charge is 0.508 e. The van der Waals surface area contributed by atoms with Crippen molar-refractivity contribution in [2.75, 3.05) is 6.61 Å². The van der Waals surface area contributed by atoms with Gasteiger partial charge in [-0.3, -0.25) is 4.79 Å². The Morgan fingerprint density at radius 2 is 1.67 bits per heavy atom. The smallest absolute Gasteiger partial charge is 0.239 e. The molecular formula is C20H18O10. The molecule has 158 valence electrons. The van der Waals surface area contributed by atoms with Crippen LogP contribution in [0.5, 0.6) is 23.0 Å². The van der Waals surface area contributed by atoms with E-state index in [2.05, 4.69) is 0 Å². The van der Waals surface area contributed by atoms with Gasteiger partial charge in [-0.2, -0.15) is 0 Å². The van der Waals surface area contributed by atoms with Crippen molar-refractivity contribution in [1.29, 1.82) is 0 Å². The minimum atomic E-state index is -1.57. The summed E-state index contributed by atoms with van der Waals surface area (Å²) in [5, 5.41) is 58.4. The van der Waals surface area contributed by atoms with Crippen LogP contribution >= 0.6 is 0 Å². The summed E-state index contributed by atoms with van der Waals surface area (Å²) < 4.78 is 16.5. The molecule has 10 nitrogen and oxygen atoms in total. The Balaban J connectivity index is 1.90. The first-order chi connectivity index (χ1) is 14.3. The van der Waals surface area contributed by atoms with E-state index in [0.29, 0.717) is 5.56 Å². The van der Waals surface area contributed by atoms with E-state index in [1.165, 1.54) is 24.3 Å².